The number of carbonyl (C=O) groups is 1. The summed E-state index contributed by atoms with van der Waals surface area (Å²) < 4.78 is 16.6. The Morgan fingerprint density at radius 2 is 1.28 bits per heavy atom. The third-order valence-corrected chi connectivity index (χ3v) is 4.76. The van der Waals surface area contributed by atoms with Crippen molar-refractivity contribution in [2.75, 3.05) is 0 Å². The van der Waals surface area contributed by atoms with E-state index in [0.29, 0.717) is 21.9 Å². The molecule has 29 heavy (non-hydrogen) atoms. The summed E-state index contributed by atoms with van der Waals surface area (Å²) in [6.45, 7) is 4.93. The Balaban J connectivity index is 1.98. The van der Waals surface area contributed by atoms with E-state index < -0.39 is 12.1 Å². The average Bonchev–Trinajstić information content (AvgIpc) is 2.68. The lowest BCUT2D eigenvalue weighted by atomic mass is 10.0. The molecular formula is C23H18O6. The minimum absolute atomic E-state index is 0.0533. The molecule has 4 aromatic rings. The second-order valence-corrected chi connectivity index (χ2v) is 7.03. The molecule has 2 aromatic carbocycles. The Hall–Kier alpha value is -3.67. The molecular weight excluding hydrogens is 372 g/mol. The van der Waals surface area contributed by atoms with Crippen molar-refractivity contribution in [3.05, 3.63) is 91.6 Å². The lowest BCUT2D eigenvalue weighted by molar-refractivity contribution is -0.144. The molecule has 6 nitrogen and oxygen atoms in total. The van der Waals surface area contributed by atoms with Gasteiger partial charge in [0.05, 0.1) is 21.9 Å². The number of ether oxygens (including phenoxy) is 1. The second kappa shape index (κ2) is 7.05. The highest BCUT2D eigenvalue weighted by atomic mass is 16.5. The summed E-state index contributed by atoms with van der Waals surface area (Å²) in [5, 5.41) is 0.696. The Morgan fingerprint density at radius 1 is 0.828 bits per heavy atom. The summed E-state index contributed by atoms with van der Waals surface area (Å²) in [5.74, 6) is -0.637. The van der Waals surface area contributed by atoms with Gasteiger partial charge in [-0.2, -0.15) is 0 Å². The average molecular weight is 390 g/mol. The molecule has 2 aromatic heterocycles. The van der Waals surface area contributed by atoms with Gasteiger partial charge in [0.2, 0.25) is 0 Å². The van der Waals surface area contributed by atoms with E-state index in [4.69, 9.17) is 13.6 Å². The largest absolute Gasteiger partial charge is 0.464 e. The summed E-state index contributed by atoms with van der Waals surface area (Å²) in [5.41, 5.74) is 1.95. The monoisotopic (exact) mass is 390 g/mol. The van der Waals surface area contributed by atoms with Gasteiger partial charge in [-0.05, 0) is 38.1 Å². The van der Waals surface area contributed by atoms with Crippen LogP contribution in [0.1, 0.15) is 35.3 Å². The quantitative estimate of drug-likeness (QED) is 0.488. The molecule has 0 fully saturated rings. The number of hydrogen-bond donors (Lipinski definition) is 0. The summed E-state index contributed by atoms with van der Waals surface area (Å²) >= 11 is 0. The highest BCUT2D eigenvalue weighted by molar-refractivity contribution is 5.79. The zero-order valence-corrected chi connectivity index (χ0v) is 16.1. The molecule has 2 heterocycles. The fourth-order valence-electron chi connectivity index (χ4n) is 3.34. The number of fused-ring (bicyclic) bond motifs is 2. The summed E-state index contributed by atoms with van der Waals surface area (Å²) in [4.78, 5) is 38.0. The van der Waals surface area contributed by atoms with Crippen LogP contribution in [0.3, 0.4) is 0 Å². The van der Waals surface area contributed by atoms with Gasteiger partial charge in [0.25, 0.3) is 0 Å². The van der Waals surface area contributed by atoms with Crippen LogP contribution < -0.4 is 10.9 Å². The fraction of sp³-hybridized carbons (Fsp3) is 0.174. The van der Waals surface area contributed by atoms with E-state index in [2.05, 4.69) is 0 Å². The normalized spacial score (nSPS) is 11.3. The number of esters is 1. The van der Waals surface area contributed by atoms with Gasteiger partial charge in [-0.1, -0.05) is 23.3 Å². The fourth-order valence-corrected chi connectivity index (χ4v) is 3.34. The Labute approximate surface area is 165 Å². The van der Waals surface area contributed by atoms with Crippen molar-refractivity contribution in [3.8, 4) is 0 Å². The van der Waals surface area contributed by atoms with Gasteiger partial charge >= 0.3 is 5.97 Å². The van der Waals surface area contributed by atoms with Crippen LogP contribution in [0.5, 0.6) is 0 Å². The van der Waals surface area contributed by atoms with Crippen molar-refractivity contribution in [2.45, 2.75) is 26.9 Å². The third-order valence-electron chi connectivity index (χ3n) is 4.76. The van der Waals surface area contributed by atoms with Crippen LogP contribution in [0.2, 0.25) is 0 Å². The van der Waals surface area contributed by atoms with Crippen molar-refractivity contribution < 1.29 is 18.4 Å². The summed E-state index contributed by atoms with van der Waals surface area (Å²) in [6, 6.07) is 10.4. The maximum Gasteiger partial charge on any atom is 0.303 e. The number of hydrogen-bond acceptors (Lipinski definition) is 6. The molecule has 0 amide bonds. The molecule has 0 saturated carbocycles. The van der Waals surface area contributed by atoms with Crippen molar-refractivity contribution in [1.29, 1.82) is 0 Å². The lowest BCUT2D eigenvalue weighted by Gasteiger charge is -2.16. The zero-order valence-electron chi connectivity index (χ0n) is 16.1. The molecule has 0 radical (unpaired) electrons. The summed E-state index contributed by atoms with van der Waals surface area (Å²) in [7, 11) is 0. The van der Waals surface area contributed by atoms with Crippen LogP contribution in [0, 0.1) is 13.8 Å². The highest BCUT2D eigenvalue weighted by Crippen LogP contribution is 2.26. The van der Waals surface area contributed by atoms with Crippen LogP contribution in [0.4, 0.5) is 0 Å². The molecule has 6 heteroatoms. The van der Waals surface area contributed by atoms with Gasteiger partial charge in [0.15, 0.2) is 17.0 Å². The predicted molar refractivity (Wildman–Crippen MR) is 108 cm³/mol. The van der Waals surface area contributed by atoms with Crippen LogP contribution >= 0.6 is 0 Å². The number of carbonyl (C=O) groups excluding carboxylic acids is 1. The van der Waals surface area contributed by atoms with Crippen molar-refractivity contribution in [3.63, 3.8) is 0 Å². The van der Waals surface area contributed by atoms with E-state index in [-0.39, 0.29) is 22.0 Å². The van der Waals surface area contributed by atoms with E-state index in [1.807, 2.05) is 26.0 Å². The lowest BCUT2D eigenvalue weighted by Crippen LogP contribution is -2.23. The molecule has 0 spiro atoms. The maximum atomic E-state index is 13.1. The molecule has 0 bridgehead atoms. The van der Waals surface area contributed by atoms with E-state index >= 15 is 0 Å². The first-order valence-electron chi connectivity index (χ1n) is 9.06. The molecule has 146 valence electrons. The van der Waals surface area contributed by atoms with Crippen LogP contribution in [-0.4, -0.2) is 5.97 Å². The van der Waals surface area contributed by atoms with E-state index in [1.165, 1.54) is 19.5 Å². The van der Waals surface area contributed by atoms with Crippen LogP contribution in [-0.2, 0) is 9.53 Å². The maximum absolute atomic E-state index is 13.1. The van der Waals surface area contributed by atoms with E-state index in [0.717, 1.165) is 11.1 Å². The Bertz CT molecular complexity index is 1280. The van der Waals surface area contributed by atoms with Crippen molar-refractivity contribution in [2.24, 2.45) is 0 Å². The minimum Gasteiger partial charge on any atom is -0.464 e. The molecule has 0 atom stereocenters. The predicted octanol–water partition coefficient (Wildman–Crippen LogP) is 4.17. The van der Waals surface area contributed by atoms with Gasteiger partial charge < -0.3 is 13.6 Å². The standard InChI is InChI=1S/C23H18O6/c1-12-4-6-19-15(8-12)21(25)17(10-27-19)23(29-14(3)24)18-11-28-20-7-5-13(2)9-16(20)22(18)26/h4-11,23H,1-3H3. The first kappa shape index (κ1) is 18.7. The molecule has 0 unspecified atom stereocenters. The topological polar surface area (TPSA) is 86.7 Å². The van der Waals surface area contributed by atoms with Gasteiger partial charge in [0, 0.05) is 6.92 Å². The Morgan fingerprint density at radius 3 is 1.69 bits per heavy atom. The van der Waals surface area contributed by atoms with Crippen molar-refractivity contribution in [1.82, 2.24) is 0 Å². The first-order chi connectivity index (χ1) is 13.8. The van der Waals surface area contributed by atoms with Crippen molar-refractivity contribution >= 4 is 27.9 Å². The van der Waals surface area contributed by atoms with E-state index in [9.17, 15) is 14.4 Å². The number of benzene rings is 2. The van der Waals surface area contributed by atoms with Crippen LogP contribution in [0.15, 0.2) is 67.3 Å². The first-order valence-corrected chi connectivity index (χ1v) is 9.06. The summed E-state index contributed by atoms with van der Waals surface area (Å²) in [6.07, 6.45) is 1.22. The second-order valence-electron chi connectivity index (χ2n) is 7.03. The highest BCUT2D eigenvalue weighted by Gasteiger charge is 2.27. The molecule has 0 aliphatic carbocycles. The van der Waals surface area contributed by atoms with Gasteiger partial charge in [-0.3, -0.25) is 14.4 Å². The molecule has 0 aliphatic rings. The minimum atomic E-state index is -1.24. The van der Waals surface area contributed by atoms with Gasteiger partial charge in [-0.15, -0.1) is 0 Å². The number of rotatable bonds is 3. The SMILES string of the molecule is CC(=O)OC(c1coc2ccc(C)cc2c1=O)c1coc2ccc(C)cc2c1=O. The third kappa shape index (κ3) is 3.33. The zero-order chi connectivity index (χ0) is 20.7. The van der Waals surface area contributed by atoms with Crippen LogP contribution in [0.25, 0.3) is 21.9 Å². The van der Waals surface area contributed by atoms with E-state index in [1.54, 1.807) is 24.3 Å². The molecule has 4 rings (SSSR count). The van der Waals surface area contributed by atoms with Gasteiger partial charge in [0.1, 0.15) is 23.7 Å². The molecule has 0 aliphatic heterocycles. The molecule has 0 N–H and O–H groups in total. The smallest absolute Gasteiger partial charge is 0.303 e. The number of aryl methyl sites for hydroxylation is 2. The molecule has 0 saturated heterocycles. The van der Waals surface area contributed by atoms with Gasteiger partial charge in [-0.25, -0.2) is 0 Å². The Kier molecular flexibility index (Phi) is 4.54.